The third-order valence-corrected chi connectivity index (χ3v) is 15.4. The molecule has 0 saturated heterocycles. The average molecular weight is 784 g/mol. The summed E-state index contributed by atoms with van der Waals surface area (Å²) in [4.78, 5) is 31.0. The lowest BCUT2D eigenvalue weighted by atomic mass is 9.45. The number of nitrogens with zero attached hydrogens (tertiary/aromatic N) is 1. The zero-order chi connectivity index (χ0) is 40.8. The van der Waals surface area contributed by atoms with E-state index in [4.69, 9.17) is 9.47 Å². The van der Waals surface area contributed by atoms with Crippen molar-refractivity contribution < 1.29 is 29.3 Å². The molecule has 7 unspecified atom stereocenters. The number of aliphatic hydroxyl groups excluding tert-OH is 1. The van der Waals surface area contributed by atoms with Crippen LogP contribution < -0.4 is 9.47 Å². The fourth-order valence-corrected chi connectivity index (χ4v) is 11.5. The van der Waals surface area contributed by atoms with Crippen molar-refractivity contribution in [2.24, 2.45) is 28.6 Å². The van der Waals surface area contributed by atoms with E-state index in [-0.39, 0.29) is 23.7 Å². The van der Waals surface area contributed by atoms with E-state index >= 15 is 0 Å². The number of carbonyl (C=O) groups is 2. The van der Waals surface area contributed by atoms with Gasteiger partial charge in [0.2, 0.25) is 0 Å². The molecular weight excluding hydrogens is 723 g/mol. The predicted molar refractivity (Wildman–Crippen MR) is 229 cm³/mol. The molecule has 0 spiro atoms. The van der Waals surface area contributed by atoms with E-state index in [1.807, 2.05) is 65.6 Å². The van der Waals surface area contributed by atoms with Gasteiger partial charge >= 0.3 is 6.09 Å². The Labute approximate surface area is 344 Å². The second-order valence-corrected chi connectivity index (χ2v) is 19.0. The van der Waals surface area contributed by atoms with Gasteiger partial charge in [-0.3, -0.25) is 4.79 Å². The van der Waals surface area contributed by atoms with Gasteiger partial charge in [-0.15, -0.1) is 0 Å². The molecule has 7 atom stereocenters. The van der Waals surface area contributed by atoms with Crippen LogP contribution in [0.3, 0.4) is 0 Å². The fraction of sp³-hybridized carbons (Fsp3) is 0.490. The molecule has 2 N–H and O–H groups in total. The predicted octanol–water partition coefficient (Wildman–Crippen LogP) is 10.7. The molecule has 0 aromatic heterocycles. The summed E-state index contributed by atoms with van der Waals surface area (Å²) in [6, 6.07) is 27.1. The number of aliphatic hydroxyl groups is 2. The molecule has 1 amide bonds. The standard InChI is InChI=1S/C51H61NO6/c1-33-9-8-25-50(4)45(43-23-13-34(27-40(53)19-12-33)28-44(43)47(54)36-16-20-41(57-5)21-17-36)24-26-51(50,56)32-52(31-38-14-18-39-30-46(38)49(39,2)3)48(55)58-42-22-15-35-10-6-7-11-37(35)29-42/h6-7,9-11,13,15-17,20-23,28-29,38-40,45-46,53,56H,8,12,14,18-19,24-27,30-32H2,1-5H3. The van der Waals surface area contributed by atoms with Gasteiger partial charge in [0.05, 0.1) is 25.4 Å². The van der Waals surface area contributed by atoms with Crippen LogP contribution in [-0.2, 0) is 6.42 Å². The Kier molecular flexibility index (Phi) is 11.1. The molecule has 4 fully saturated rings. The number of fused-ring (bicyclic) bond motifs is 11. The second-order valence-electron chi connectivity index (χ2n) is 19.0. The van der Waals surface area contributed by atoms with Gasteiger partial charge in [-0.05, 0) is 165 Å². The summed E-state index contributed by atoms with van der Waals surface area (Å²) < 4.78 is 11.6. The fourth-order valence-electron chi connectivity index (χ4n) is 11.5. The molecule has 6 aliphatic carbocycles. The van der Waals surface area contributed by atoms with Gasteiger partial charge in [0, 0.05) is 23.1 Å². The van der Waals surface area contributed by atoms with Gasteiger partial charge in [-0.25, -0.2) is 4.79 Å². The summed E-state index contributed by atoms with van der Waals surface area (Å²) >= 11 is 0. The van der Waals surface area contributed by atoms with Gasteiger partial charge in [0.1, 0.15) is 11.5 Å². The minimum atomic E-state index is -1.26. The average Bonchev–Trinajstić information content (AvgIpc) is 3.47. The third-order valence-electron chi connectivity index (χ3n) is 15.4. The Morgan fingerprint density at radius 1 is 0.862 bits per heavy atom. The van der Waals surface area contributed by atoms with Gasteiger partial charge in [0.25, 0.3) is 0 Å². The first-order valence-corrected chi connectivity index (χ1v) is 21.6. The monoisotopic (exact) mass is 783 g/mol. The largest absolute Gasteiger partial charge is 0.497 e. The molecule has 4 aromatic rings. The number of amides is 1. The summed E-state index contributed by atoms with van der Waals surface area (Å²) in [5, 5.41) is 26.5. The first-order chi connectivity index (χ1) is 27.8. The molecule has 4 bridgehead atoms. The van der Waals surface area contributed by atoms with E-state index in [0.29, 0.717) is 73.1 Å². The number of benzene rings is 4. The van der Waals surface area contributed by atoms with Crippen molar-refractivity contribution in [3.8, 4) is 11.5 Å². The Morgan fingerprint density at radius 3 is 2.36 bits per heavy atom. The van der Waals surface area contributed by atoms with E-state index in [9.17, 15) is 19.8 Å². The first-order valence-electron chi connectivity index (χ1n) is 21.6. The van der Waals surface area contributed by atoms with Gasteiger partial charge < -0.3 is 24.6 Å². The van der Waals surface area contributed by atoms with Crippen LogP contribution in [0.5, 0.6) is 11.5 Å². The van der Waals surface area contributed by atoms with Crippen molar-refractivity contribution in [2.75, 3.05) is 20.2 Å². The van der Waals surface area contributed by atoms with Crippen molar-refractivity contribution in [2.45, 2.75) is 110 Å². The van der Waals surface area contributed by atoms with E-state index in [2.05, 4.69) is 45.9 Å². The van der Waals surface area contributed by atoms with Crippen LogP contribution in [0.1, 0.15) is 118 Å². The van der Waals surface area contributed by atoms with E-state index in [1.54, 1.807) is 19.2 Å². The molecule has 7 nitrogen and oxygen atoms in total. The molecule has 58 heavy (non-hydrogen) atoms. The molecule has 306 valence electrons. The Balaban J connectivity index is 1.17. The highest BCUT2D eigenvalue weighted by Crippen LogP contribution is 2.62. The van der Waals surface area contributed by atoms with Crippen LogP contribution in [0.4, 0.5) is 4.79 Å². The number of hydrogen-bond donors (Lipinski definition) is 2. The number of methoxy groups -OCH3 is 1. The molecule has 10 rings (SSSR count). The van der Waals surface area contributed by atoms with Gasteiger partial charge in [0.15, 0.2) is 5.78 Å². The van der Waals surface area contributed by atoms with Crippen molar-refractivity contribution >= 4 is 22.6 Å². The maximum atomic E-state index is 14.6. The van der Waals surface area contributed by atoms with Crippen LogP contribution in [0.15, 0.2) is 96.6 Å². The van der Waals surface area contributed by atoms with Crippen LogP contribution >= 0.6 is 0 Å². The lowest BCUT2D eigenvalue weighted by Gasteiger charge is -2.60. The van der Waals surface area contributed by atoms with Crippen LogP contribution in [0, 0.1) is 28.6 Å². The number of rotatable bonds is 8. The van der Waals surface area contributed by atoms with Crippen LogP contribution in [0.2, 0.25) is 0 Å². The number of ether oxygens (including phenoxy) is 2. The van der Waals surface area contributed by atoms with Gasteiger partial charge in [-0.2, -0.15) is 0 Å². The van der Waals surface area contributed by atoms with Crippen molar-refractivity contribution in [1.82, 2.24) is 4.90 Å². The van der Waals surface area contributed by atoms with Crippen LogP contribution in [0.25, 0.3) is 10.8 Å². The number of carbonyl (C=O) groups excluding carboxylic acids is 2. The topological polar surface area (TPSA) is 96.3 Å². The highest BCUT2D eigenvalue weighted by molar-refractivity contribution is 6.10. The summed E-state index contributed by atoms with van der Waals surface area (Å²) in [5.74, 6) is 2.50. The normalized spacial score (nSPS) is 29.1. The molecule has 6 aliphatic rings. The maximum Gasteiger partial charge on any atom is 0.415 e. The van der Waals surface area contributed by atoms with Crippen molar-refractivity contribution in [3.63, 3.8) is 0 Å². The molecule has 0 aliphatic heterocycles. The molecule has 7 heteroatoms. The highest BCUT2D eigenvalue weighted by Gasteiger charge is 2.59. The molecular formula is C51H61NO6. The molecule has 4 aromatic carbocycles. The number of ketones is 1. The minimum absolute atomic E-state index is 0.0890. The van der Waals surface area contributed by atoms with E-state index < -0.39 is 23.2 Å². The van der Waals surface area contributed by atoms with Crippen LogP contribution in [-0.4, -0.2) is 58.9 Å². The van der Waals surface area contributed by atoms with Crippen molar-refractivity contribution in [1.29, 1.82) is 0 Å². The quantitative estimate of drug-likeness (QED) is 0.136. The number of allylic oxidation sites excluding steroid dienone is 2. The summed E-state index contributed by atoms with van der Waals surface area (Å²) in [6.45, 7) is 9.76. The lowest BCUT2D eigenvalue weighted by Crippen LogP contribution is -2.58. The zero-order valence-corrected chi connectivity index (χ0v) is 35.0. The number of hydrogen-bond acceptors (Lipinski definition) is 6. The Hall–Kier alpha value is -4.46. The smallest absolute Gasteiger partial charge is 0.415 e. The summed E-state index contributed by atoms with van der Waals surface area (Å²) in [5.41, 5.74) is 2.50. The lowest BCUT2D eigenvalue weighted by molar-refractivity contribution is -0.119. The minimum Gasteiger partial charge on any atom is -0.497 e. The first kappa shape index (κ1) is 40.3. The SMILES string of the molecule is COc1ccc(C(=O)c2cc3ccc2C2CCC(O)(CN(CC4CCC5CC4C5(C)C)C(=O)Oc4ccc5ccccc5c4)C2(C)CCC=C(C)CCC(O)C3)cc1. The van der Waals surface area contributed by atoms with E-state index in [1.165, 1.54) is 12.0 Å². The maximum absolute atomic E-state index is 14.6. The Morgan fingerprint density at radius 2 is 1.62 bits per heavy atom. The summed E-state index contributed by atoms with van der Waals surface area (Å²) in [7, 11) is 1.61. The molecule has 0 radical (unpaired) electrons. The highest BCUT2D eigenvalue weighted by atomic mass is 16.6. The zero-order valence-electron chi connectivity index (χ0n) is 35.0. The Bertz CT molecular complexity index is 2190. The van der Waals surface area contributed by atoms with Gasteiger partial charge in [-0.1, -0.05) is 74.9 Å². The summed E-state index contributed by atoms with van der Waals surface area (Å²) in [6.07, 6.45) is 9.13. The molecule has 0 heterocycles. The molecule has 4 saturated carbocycles. The van der Waals surface area contributed by atoms with Crippen molar-refractivity contribution in [3.05, 3.63) is 119 Å². The second kappa shape index (κ2) is 16.0. The van der Waals surface area contributed by atoms with E-state index in [0.717, 1.165) is 53.5 Å². The third kappa shape index (κ3) is 7.61.